The molecule has 0 saturated heterocycles. The molecule has 1 nitrogen and oxygen atoms in total. The van der Waals surface area contributed by atoms with Gasteiger partial charge in [0.1, 0.15) is 0 Å². The molecule has 0 aromatic rings. The van der Waals surface area contributed by atoms with Gasteiger partial charge in [-0.25, -0.2) is 0 Å². The van der Waals surface area contributed by atoms with Gasteiger partial charge >= 0.3 is 0 Å². The van der Waals surface area contributed by atoms with E-state index in [0.29, 0.717) is 0 Å². The maximum Gasteiger partial charge on any atom is 0.156 e. The van der Waals surface area contributed by atoms with Crippen molar-refractivity contribution in [2.75, 3.05) is 0 Å². The fourth-order valence-electron chi connectivity index (χ4n) is 1.63. The highest BCUT2D eigenvalue weighted by molar-refractivity contribution is 5.95. The molecule has 0 bridgehead atoms. The predicted octanol–water partition coefficient (Wildman–Crippen LogP) is 2.96. The lowest BCUT2D eigenvalue weighted by atomic mass is 9.82. The van der Waals surface area contributed by atoms with Gasteiger partial charge in [-0.1, -0.05) is 26.3 Å². The van der Waals surface area contributed by atoms with E-state index in [-0.39, 0.29) is 11.2 Å². The van der Waals surface area contributed by atoms with Crippen LogP contribution in [0.4, 0.5) is 0 Å². The molecule has 11 heavy (non-hydrogen) atoms. The maximum atomic E-state index is 11.2. The summed E-state index contributed by atoms with van der Waals surface area (Å²) in [6, 6.07) is 0. The normalized spacial score (nSPS) is 11.1. The molecule has 64 valence electrons. The van der Waals surface area contributed by atoms with E-state index in [1.165, 1.54) is 0 Å². The summed E-state index contributed by atoms with van der Waals surface area (Å²) in [5.41, 5.74) is 2.08. The molecule has 0 aliphatic carbocycles. The monoisotopic (exact) mass is 154 g/mol. The first-order chi connectivity index (χ1) is 4.76. The minimum atomic E-state index is -0.00926. The molecule has 0 fully saturated rings. The van der Waals surface area contributed by atoms with Gasteiger partial charge in [-0.05, 0) is 31.8 Å². The number of rotatable bonds is 1. The Morgan fingerprint density at radius 1 is 1.00 bits per heavy atom. The van der Waals surface area contributed by atoms with Crippen molar-refractivity contribution in [3.63, 3.8) is 0 Å². The third-order valence-electron chi connectivity index (χ3n) is 1.60. The zero-order chi connectivity index (χ0) is 9.23. The van der Waals surface area contributed by atoms with Crippen LogP contribution >= 0.6 is 0 Å². The van der Waals surface area contributed by atoms with E-state index in [1.54, 1.807) is 6.92 Å². The van der Waals surface area contributed by atoms with Gasteiger partial charge in [0.25, 0.3) is 0 Å². The zero-order valence-corrected chi connectivity index (χ0v) is 8.41. The van der Waals surface area contributed by atoms with E-state index in [2.05, 4.69) is 20.8 Å². The van der Waals surface area contributed by atoms with Gasteiger partial charge in [-0.15, -0.1) is 0 Å². The lowest BCUT2D eigenvalue weighted by Crippen LogP contribution is -2.17. The van der Waals surface area contributed by atoms with Crippen molar-refractivity contribution in [3.8, 4) is 0 Å². The molecule has 0 unspecified atom stereocenters. The first-order valence-corrected chi connectivity index (χ1v) is 3.95. The molecule has 0 aromatic carbocycles. The van der Waals surface area contributed by atoms with Gasteiger partial charge in [-0.3, -0.25) is 4.79 Å². The molecular formula is C10H18O. The Morgan fingerprint density at radius 3 is 1.36 bits per heavy atom. The summed E-state index contributed by atoms with van der Waals surface area (Å²) in [6.45, 7) is 11.8. The first kappa shape index (κ1) is 10.4. The number of carbonyl (C=O) groups excluding carboxylic acids is 1. The molecule has 1 heteroatoms. The Kier molecular flexibility index (Phi) is 3.03. The van der Waals surface area contributed by atoms with Gasteiger partial charge < -0.3 is 0 Å². The van der Waals surface area contributed by atoms with Crippen molar-refractivity contribution in [2.45, 2.75) is 41.5 Å². The summed E-state index contributed by atoms with van der Waals surface area (Å²) in [5.74, 6) is 0.192. The molecule has 0 radical (unpaired) electrons. The lowest BCUT2D eigenvalue weighted by molar-refractivity contribution is -0.114. The second-order valence-electron chi connectivity index (χ2n) is 4.18. The Bertz CT molecular complexity index is 187. The summed E-state index contributed by atoms with van der Waals surface area (Å²) in [5, 5.41) is 0. The van der Waals surface area contributed by atoms with Crippen LogP contribution in [0.1, 0.15) is 41.5 Å². The highest BCUT2D eigenvalue weighted by Gasteiger charge is 2.21. The van der Waals surface area contributed by atoms with Crippen molar-refractivity contribution in [2.24, 2.45) is 5.41 Å². The minimum Gasteiger partial charge on any atom is -0.295 e. The molecule has 0 heterocycles. The highest BCUT2D eigenvalue weighted by atomic mass is 16.1. The summed E-state index contributed by atoms with van der Waals surface area (Å²) in [6.07, 6.45) is 0. The Hall–Kier alpha value is -0.590. The Labute approximate surface area is 69.5 Å². The van der Waals surface area contributed by atoms with Crippen LogP contribution in [0.2, 0.25) is 0 Å². The standard InChI is InChI=1S/C10H18O/c1-7(2)9(8(3)11)10(4,5)6/h1-6H3. The number of allylic oxidation sites excluding steroid dienone is 2. The molecule has 0 aromatic heterocycles. The molecule has 0 aliphatic rings. The van der Waals surface area contributed by atoms with Crippen LogP contribution in [-0.4, -0.2) is 5.78 Å². The van der Waals surface area contributed by atoms with Crippen LogP contribution in [0.15, 0.2) is 11.1 Å². The van der Waals surface area contributed by atoms with E-state index in [9.17, 15) is 4.79 Å². The highest BCUT2D eigenvalue weighted by Crippen LogP contribution is 2.28. The molecule has 0 rings (SSSR count). The number of hydrogen-bond acceptors (Lipinski definition) is 1. The van der Waals surface area contributed by atoms with Gasteiger partial charge in [0.05, 0.1) is 0 Å². The van der Waals surface area contributed by atoms with Crippen molar-refractivity contribution in [3.05, 3.63) is 11.1 Å². The molecule has 0 aliphatic heterocycles. The van der Waals surface area contributed by atoms with Crippen LogP contribution in [-0.2, 0) is 4.79 Å². The molecule has 0 amide bonds. The van der Waals surface area contributed by atoms with Gasteiger partial charge in [0, 0.05) is 0 Å². The second-order valence-corrected chi connectivity index (χ2v) is 4.18. The smallest absolute Gasteiger partial charge is 0.156 e. The topological polar surface area (TPSA) is 17.1 Å². The summed E-state index contributed by atoms with van der Waals surface area (Å²) in [7, 11) is 0. The SMILES string of the molecule is CC(=O)C(=C(C)C)C(C)(C)C. The summed E-state index contributed by atoms with van der Waals surface area (Å²) in [4.78, 5) is 11.2. The van der Waals surface area contributed by atoms with Crippen molar-refractivity contribution in [1.29, 1.82) is 0 Å². The van der Waals surface area contributed by atoms with Crippen LogP contribution < -0.4 is 0 Å². The summed E-state index contributed by atoms with van der Waals surface area (Å²) < 4.78 is 0. The zero-order valence-electron chi connectivity index (χ0n) is 8.41. The Morgan fingerprint density at radius 2 is 1.36 bits per heavy atom. The van der Waals surface area contributed by atoms with Gasteiger partial charge in [-0.2, -0.15) is 0 Å². The van der Waals surface area contributed by atoms with Crippen molar-refractivity contribution >= 4 is 5.78 Å². The molecule has 0 N–H and O–H groups in total. The van der Waals surface area contributed by atoms with E-state index >= 15 is 0 Å². The summed E-state index contributed by atoms with van der Waals surface area (Å²) >= 11 is 0. The van der Waals surface area contributed by atoms with Crippen molar-refractivity contribution < 1.29 is 4.79 Å². The van der Waals surface area contributed by atoms with E-state index < -0.39 is 0 Å². The fraction of sp³-hybridized carbons (Fsp3) is 0.700. The van der Waals surface area contributed by atoms with Crippen LogP contribution in [0.5, 0.6) is 0 Å². The number of carbonyl (C=O) groups is 1. The number of ketones is 1. The molecule has 0 atom stereocenters. The third kappa shape index (κ3) is 2.87. The van der Waals surface area contributed by atoms with E-state index in [4.69, 9.17) is 0 Å². The van der Waals surface area contributed by atoms with Gasteiger partial charge in [0.2, 0.25) is 0 Å². The Balaban J connectivity index is 4.96. The largest absolute Gasteiger partial charge is 0.295 e. The predicted molar refractivity (Wildman–Crippen MR) is 48.5 cm³/mol. The molecular weight excluding hydrogens is 136 g/mol. The second kappa shape index (κ2) is 3.21. The van der Waals surface area contributed by atoms with Gasteiger partial charge in [0.15, 0.2) is 5.78 Å². The van der Waals surface area contributed by atoms with Crippen molar-refractivity contribution in [1.82, 2.24) is 0 Å². The third-order valence-corrected chi connectivity index (χ3v) is 1.60. The quantitative estimate of drug-likeness (QED) is 0.531. The molecule has 0 spiro atoms. The first-order valence-electron chi connectivity index (χ1n) is 3.95. The average Bonchev–Trinajstić information content (AvgIpc) is 1.54. The maximum absolute atomic E-state index is 11.2. The average molecular weight is 154 g/mol. The van der Waals surface area contributed by atoms with Crippen LogP contribution in [0.3, 0.4) is 0 Å². The molecule has 0 saturated carbocycles. The minimum absolute atomic E-state index is 0.00926. The van der Waals surface area contributed by atoms with Crippen LogP contribution in [0.25, 0.3) is 0 Å². The van der Waals surface area contributed by atoms with E-state index in [0.717, 1.165) is 11.1 Å². The number of hydrogen-bond donors (Lipinski definition) is 0. The van der Waals surface area contributed by atoms with E-state index in [1.807, 2.05) is 13.8 Å². The lowest BCUT2D eigenvalue weighted by Gasteiger charge is -2.22. The van der Waals surface area contributed by atoms with Crippen LogP contribution in [0, 0.1) is 5.41 Å². The number of Topliss-reactive ketones (excluding diaryl/α,β-unsaturated/α-hetero) is 1. The fourth-order valence-corrected chi connectivity index (χ4v) is 1.63.